The molecule has 2 fully saturated rings. The SMILES string of the molecule is CSC1(CNC(=O)N2CCC(CC(=O)O)CC2)CCC1. The van der Waals surface area contributed by atoms with Gasteiger partial charge in [0.05, 0.1) is 0 Å². The number of aliphatic carboxylic acids is 1. The molecule has 1 aliphatic heterocycles. The van der Waals surface area contributed by atoms with E-state index >= 15 is 0 Å². The lowest BCUT2D eigenvalue weighted by molar-refractivity contribution is -0.138. The van der Waals surface area contributed by atoms with Gasteiger partial charge in [-0.05, 0) is 37.9 Å². The summed E-state index contributed by atoms with van der Waals surface area (Å²) in [5.74, 6) is -0.513. The summed E-state index contributed by atoms with van der Waals surface area (Å²) >= 11 is 1.86. The van der Waals surface area contributed by atoms with Crippen LogP contribution in [-0.2, 0) is 4.79 Å². The molecular formula is C14H24N2O3S. The lowest BCUT2D eigenvalue weighted by Crippen LogP contribution is -2.50. The number of carboxylic acid groups (broad SMARTS) is 1. The van der Waals surface area contributed by atoms with Crippen molar-refractivity contribution in [1.29, 1.82) is 0 Å². The minimum atomic E-state index is -0.736. The Morgan fingerprint density at radius 1 is 1.35 bits per heavy atom. The van der Waals surface area contributed by atoms with E-state index in [1.165, 1.54) is 19.3 Å². The molecule has 0 radical (unpaired) electrons. The fourth-order valence-corrected chi connectivity index (χ4v) is 3.87. The van der Waals surface area contributed by atoms with Gasteiger partial charge in [0.1, 0.15) is 0 Å². The van der Waals surface area contributed by atoms with Gasteiger partial charge in [-0.25, -0.2) is 4.79 Å². The van der Waals surface area contributed by atoms with E-state index in [2.05, 4.69) is 11.6 Å². The maximum atomic E-state index is 12.1. The Kier molecular flexibility index (Phi) is 5.18. The van der Waals surface area contributed by atoms with Gasteiger partial charge >= 0.3 is 12.0 Å². The van der Waals surface area contributed by atoms with Crippen molar-refractivity contribution in [2.75, 3.05) is 25.9 Å². The molecule has 0 bridgehead atoms. The Morgan fingerprint density at radius 3 is 2.45 bits per heavy atom. The molecule has 0 aromatic heterocycles. The number of hydrogen-bond acceptors (Lipinski definition) is 3. The molecule has 0 aromatic rings. The summed E-state index contributed by atoms with van der Waals surface area (Å²) in [4.78, 5) is 24.6. The van der Waals surface area contributed by atoms with Crippen molar-refractivity contribution >= 4 is 23.8 Å². The topological polar surface area (TPSA) is 69.6 Å². The Labute approximate surface area is 124 Å². The van der Waals surface area contributed by atoms with Crippen LogP contribution in [0.2, 0.25) is 0 Å². The van der Waals surface area contributed by atoms with E-state index in [9.17, 15) is 9.59 Å². The third-order valence-electron chi connectivity index (χ3n) is 4.62. The Hall–Kier alpha value is -0.910. The summed E-state index contributed by atoms with van der Waals surface area (Å²) in [6, 6.07) is 0.0131. The molecule has 6 heteroatoms. The summed E-state index contributed by atoms with van der Waals surface area (Å²) in [5, 5.41) is 11.8. The predicted molar refractivity (Wildman–Crippen MR) is 80.0 cm³/mol. The maximum absolute atomic E-state index is 12.1. The van der Waals surface area contributed by atoms with Crippen LogP contribution in [0.15, 0.2) is 0 Å². The highest BCUT2D eigenvalue weighted by atomic mass is 32.2. The lowest BCUT2D eigenvalue weighted by atomic mass is 9.84. The van der Waals surface area contributed by atoms with Gasteiger partial charge in [0, 0.05) is 30.8 Å². The molecule has 1 aliphatic carbocycles. The molecule has 2 aliphatic rings. The fraction of sp³-hybridized carbons (Fsp3) is 0.857. The lowest BCUT2D eigenvalue weighted by Gasteiger charge is -2.41. The van der Waals surface area contributed by atoms with E-state index in [-0.39, 0.29) is 23.1 Å². The second-order valence-corrected chi connectivity index (χ2v) is 7.20. The Bertz CT molecular complexity index is 358. The minimum absolute atomic E-state index is 0.0131. The first-order valence-electron chi connectivity index (χ1n) is 7.34. The number of urea groups is 1. The zero-order valence-corrected chi connectivity index (χ0v) is 12.9. The van der Waals surface area contributed by atoms with Crippen LogP contribution in [0.25, 0.3) is 0 Å². The number of piperidine rings is 1. The first kappa shape index (κ1) is 15.5. The number of carboxylic acids is 1. The van der Waals surface area contributed by atoms with Gasteiger partial charge in [-0.1, -0.05) is 6.42 Å². The van der Waals surface area contributed by atoms with E-state index in [4.69, 9.17) is 5.11 Å². The largest absolute Gasteiger partial charge is 0.481 e. The van der Waals surface area contributed by atoms with Crippen LogP contribution in [0, 0.1) is 5.92 Å². The van der Waals surface area contributed by atoms with Gasteiger partial charge in [0.2, 0.25) is 0 Å². The van der Waals surface area contributed by atoms with Crippen LogP contribution in [0.3, 0.4) is 0 Å². The van der Waals surface area contributed by atoms with E-state index in [1.54, 1.807) is 0 Å². The fourth-order valence-electron chi connectivity index (χ4n) is 2.96. The zero-order valence-electron chi connectivity index (χ0n) is 12.1. The number of nitrogens with zero attached hydrogens (tertiary/aromatic N) is 1. The van der Waals surface area contributed by atoms with Gasteiger partial charge in [-0.3, -0.25) is 4.79 Å². The predicted octanol–water partition coefficient (Wildman–Crippen LogP) is 2.17. The number of hydrogen-bond donors (Lipinski definition) is 2. The molecule has 114 valence electrons. The molecule has 0 atom stereocenters. The molecule has 20 heavy (non-hydrogen) atoms. The van der Waals surface area contributed by atoms with Gasteiger partial charge in [0.15, 0.2) is 0 Å². The molecule has 1 heterocycles. The number of nitrogens with one attached hydrogen (secondary N) is 1. The van der Waals surface area contributed by atoms with Gasteiger partial charge in [-0.15, -0.1) is 0 Å². The average Bonchev–Trinajstić information content (AvgIpc) is 2.38. The molecule has 1 saturated carbocycles. The summed E-state index contributed by atoms with van der Waals surface area (Å²) in [6.07, 6.45) is 7.58. The summed E-state index contributed by atoms with van der Waals surface area (Å²) in [7, 11) is 0. The number of carbonyl (C=O) groups is 2. The van der Waals surface area contributed by atoms with Crippen molar-refractivity contribution in [2.24, 2.45) is 5.92 Å². The molecule has 0 unspecified atom stereocenters. The quantitative estimate of drug-likeness (QED) is 0.816. The average molecular weight is 300 g/mol. The van der Waals surface area contributed by atoms with Crippen LogP contribution in [-0.4, -0.2) is 52.6 Å². The van der Waals surface area contributed by atoms with Crippen LogP contribution in [0.4, 0.5) is 4.79 Å². The van der Waals surface area contributed by atoms with Crippen molar-refractivity contribution in [3.63, 3.8) is 0 Å². The monoisotopic (exact) mass is 300 g/mol. The van der Waals surface area contributed by atoms with Crippen molar-refractivity contribution in [1.82, 2.24) is 10.2 Å². The molecule has 2 rings (SSSR count). The summed E-state index contributed by atoms with van der Waals surface area (Å²) in [6.45, 7) is 2.11. The maximum Gasteiger partial charge on any atom is 0.317 e. The van der Waals surface area contributed by atoms with E-state index in [0.717, 1.165) is 19.4 Å². The third-order valence-corrected chi connectivity index (χ3v) is 6.04. The van der Waals surface area contributed by atoms with Crippen LogP contribution < -0.4 is 5.32 Å². The number of thioether (sulfide) groups is 1. The van der Waals surface area contributed by atoms with Crippen molar-refractivity contribution in [3.8, 4) is 0 Å². The van der Waals surface area contributed by atoms with E-state index < -0.39 is 5.97 Å². The highest BCUT2D eigenvalue weighted by molar-refractivity contribution is 8.00. The molecule has 0 aromatic carbocycles. The molecule has 0 spiro atoms. The first-order valence-corrected chi connectivity index (χ1v) is 8.57. The van der Waals surface area contributed by atoms with Gasteiger partial charge in [-0.2, -0.15) is 11.8 Å². The van der Waals surface area contributed by atoms with Crippen molar-refractivity contribution in [2.45, 2.75) is 43.3 Å². The van der Waals surface area contributed by atoms with Crippen LogP contribution >= 0.6 is 11.8 Å². The van der Waals surface area contributed by atoms with Crippen LogP contribution in [0.1, 0.15) is 38.5 Å². The second kappa shape index (κ2) is 6.70. The third kappa shape index (κ3) is 3.81. The number of rotatable bonds is 5. The molecule has 1 saturated heterocycles. The second-order valence-electron chi connectivity index (χ2n) is 5.93. The highest BCUT2D eigenvalue weighted by Gasteiger charge is 2.36. The van der Waals surface area contributed by atoms with Crippen LogP contribution in [0.5, 0.6) is 0 Å². The van der Waals surface area contributed by atoms with E-state index in [0.29, 0.717) is 13.1 Å². The summed E-state index contributed by atoms with van der Waals surface area (Å²) in [5.41, 5.74) is 0. The minimum Gasteiger partial charge on any atom is -0.481 e. The normalized spacial score (nSPS) is 22.1. The zero-order chi connectivity index (χ0) is 14.6. The van der Waals surface area contributed by atoms with Gasteiger partial charge < -0.3 is 15.3 Å². The molecule has 2 amide bonds. The standard InChI is InChI=1S/C14H24N2O3S/c1-20-14(5-2-6-14)10-15-13(19)16-7-3-11(4-8-16)9-12(17)18/h11H,2-10H2,1H3,(H,15,19)(H,17,18). The molecule has 2 N–H and O–H groups in total. The molecular weight excluding hydrogens is 276 g/mol. The summed E-state index contributed by atoms with van der Waals surface area (Å²) < 4.78 is 0.261. The van der Waals surface area contributed by atoms with Crippen molar-refractivity contribution < 1.29 is 14.7 Å². The molecule has 5 nitrogen and oxygen atoms in total. The number of likely N-dealkylation sites (tertiary alicyclic amines) is 1. The first-order chi connectivity index (χ1) is 9.54. The Morgan fingerprint density at radius 2 is 2.00 bits per heavy atom. The number of carbonyl (C=O) groups excluding carboxylic acids is 1. The highest BCUT2D eigenvalue weighted by Crippen LogP contribution is 2.42. The number of amides is 2. The van der Waals surface area contributed by atoms with Crippen molar-refractivity contribution in [3.05, 3.63) is 0 Å². The Balaban J connectivity index is 1.70. The smallest absolute Gasteiger partial charge is 0.317 e. The van der Waals surface area contributed by atoms with Gasteiger partial charge in [0.25, 0.3) is 0 Å². The van der Waals surface area contributed by atoms with E-state index in [1.807, 2.05) is 16.7 Å².